The van der Waals surface area contributed by atoms with Crippen LogP contribution in [0.25, 0.3) is 0 Å². The number of hydrogen-bond acceptors (Lipinski definition) is 10. The van der Waals surface area contributed by atoms with E-state index in [1.165, 1.54) is 7.11 Å². The number of nitrogens with one attached hydrogen (secondary N) is 1. The molecule has 176 valence electrons. The maximum atomic E-state index is 12.2. The van der Waals surface area contributed by atoms with Crippen molar-refractivity contribution in [3.05, 3.63) is 35.9 Å². The Hall–Kier alpha value is -3.63. The first kappa shape index (κ1) is 26.4. The molecule has 1 rings (SSSR count). The van der Waals surface area contributed by atoms with Crippen LogP contribution in [0.5, 0.6) is 0 Å². The van der Waals surface area contributed by atoms with Gasteiger partial charge in [0.15, 0.2) is 0 Å². The third kappa shape index (κ3) is 9.92. The number of rotatable bonds is 12. The number of carbonyl (C=O) groups is 5. The highest BCUT2D eigenvalue weighted by molar-refractivity contribution is 5.84. The van der Waals surface area contributed by atoms with E-state index in [4.69, 9.17) is 9.47 Å². The molecule has 1 amide bonds. The van der Waals surface area contributed by atoms with Gasteiger partial charge >= 0.3 is 30.0 Å². The van der Waals surface area contributed by atoms with Crippen molar-refractivity contribution in [3.63, 3.8) is 0 Å². The molecule has 1 N–H and O–H groups in total. The third-order valence-corrected chi connectivity index (χ3v) is 4.21. The van der Waals surface area contributed by atoms with E-state index >= 15 is 0 Å². The molecule has 0 bridgehead atoms. The predicted octanol–water partition coefficient (Wildman–Crippen LogP) is 1.27. The van der Waals surface area contributed by atoms with Crippen molar-refractivity contribution >= 4 is 30.0 Å². The summed E-state index contributed by atoms with van der Waals surface area (Å²) in [7, 11) is 3.39. The van der Waals surface area contributed by atoms with Gasteiger partial charge in [-0.2, -0.15) is 0 Å². The van der Waals surface area contributed by atoms with Crippen molar-refractivity contribution in [1.82, 2.24) is 5.32 Å². The lowest BCUT2D eigenvalue weighted by Gasteiger charge is -2.19. The van der Waals surface area contributed by atoms with Gasteiger partial charge in [0.1, 0.15) is 12.6 Å². The zero-order chi connectivity index (χ0) is 23.9. The lowest BCUT2D eigenvalue weighted by Crippen LogP contribution is -2.44. The zero-order valence-corrected chi connectivity index (χ0v) is 18.2. The number of carbonyl (C=O) groups excluding carboxylic acids is 5. The Balaban J connectivity index is 2.61. The van der Waals surface area contributed by atoms with Crippen LogP contribution in [-0.4, -0.2) is 63.4 Å². The molecule has 0 saturated carbocycles. The summed E-state index contributed by atoms with van der Waals surface area (Å²) in [5.74, 6) is -2.89. The molecular weight excluding hydrogens is 426 g/mol. The van der Waals surface area contributed by atoms with Gasteiger partial charge in [-0.15, -0.1) is 0 Å². The molecule has 0 fully saturated rings. The van der Waals surface area contributed by atoms with Gasteiger partial charge in [-0.3, -0.25) is 9.59 Å². The zero-order valence-electron chi connectivity index (χ0n) is 18.2. The molecule has 1 aromatic rings. The molecule has 11 nitrogen and oxygen atoms in total. The van der Waals surface area contributed by atoms with E-state index < -0.39 is 42.1 Å². The van der Waals surface area contributed by atoms with E-state index in [1.54, 1.807) is 24.3 Å². The maximum Gasteiger partial charge on any atom is 0.408 e. The number of amides is 1. The largest absolute Gasteiger partial charge is 0.469 e. The molecular formula is C21H27NO10. The van der Waals surface area contributed by atoms with Gasteiger partial charge in [0.2, 0.25) is 6.10 Å². The van der Waals surface area contributed by atoms with E-state index in [9.17, 15) is 24.0 Å². The molecule has 2 atom stereocenters. The molecule has 32 heavy (non-hydrogen) atoms. The summed E-state index contributed by atoms with van der Waals surface area (Å²) in [5, 5.41) is 2.22. The van der Waals surface area contributed by atoms with E-state index in [-0.39, 0.29) is 32.3 Å². The molecule has 0 saturated heterocycles. The van der Waals surface area contributed by atoms with Gasteiger partial charge in [-0.25, -0.2) is 14.4 Å². The number of esters is 4. The van der Waals surface area contributed by atoms with Crippen LogP contribution in [0.3, 0.4) is 0 Å². The highest BCUT2D eigenvalue weighted by Gasteiger charge is 2.28. The number of methoxy groups -OCH3 is 3. The fourth-order valence-corrected chi connectivity index (χ4v) is 2.48. The second-order valence-electron chi connectivity index (χ2n) is 6.44. The maximum absolute atomic E-state index is 12.2. The first-order valence-electron chi connectivity index (χ1n) is 9.69. The summed E-state index contributed by atoms with van der Waals surface area (Å²) in [6, 6.07) is 7.80. The van der Waals surface area contributed by atoms with Crippen molar-refractivity contribution in [2.45, 2.75) is 44.4 Å². The monoisotopic (exact) mass is 453 g/mol. The first-order chi connectivity index (χ1) is 15.3. The van der Waals surface area contributed by atoms with Crippen molar-refractivity contribution in [3.8, 4) is 0 Å². The minimum Gasteiger partial charge on any atom is -0.469 e. The average Bonchev–Trinajstić information content (AvgIpc) is 2.82. The number of hydrogen-bond donors (Lipinski definition) is 1. The van der Waals surface area contributed by atoms with Gasteiger partial charge in [0.25, 0.3) is 0 Å². The van der Waals surface area contributed by atoms with Crippen molar-refractivity contribution in [1.29, 1.82) is 0 Å². The topological polar surface area (TPSA) is 144 Å². The van der Waals surface area contributed by atoms with E-state index in [0.717, 1.165) is 19.8 Å². The fourth-order valence-electron chi connectivity index (χ4n) is 2.48. The van der Waals surface area contributed by atoms with Crippen LogP contribution < -0.4 is 5.32 Å². The molecule has 0 aromatic heterocycles. The predicted molar refractivity (Wildman–Crippen MR) is 108 cm³/mol. The van der Waals surface area contributed by atoms with Crippen LogP contribution >= 0.6 is 0 Å². The summed E-state index contributed by atoms with van der Waals surface area (Å²) in [5.41, 5.74) is 0.793. The van der Waals surface area contributed by atoms with Crippen molar-refractivity contribution in [2.24, 2.45) is 0 Å². The van der Waals surface area contributed by atoms with Crippen LogP contribution in [0.4, 0.5) is 4.79 Å². The molecule has 0 aliphatic rings. The Bertz CT molecular complexity index is 780. The fraction of sp³-hybridized carbons (Fsp3) is 0.476. The van der Waals surface area contributed by atoms with Gasteiger partial charge in [-0.1, -0.05) is 30.3 Å². The normalized spacial score (nSPS) is 12.0. The van der Waals surface area contributed by atoms with Crippen molar-refractivity contribution < 1.29 is 47.7 Å². The standard InChI is InChI=1S/C21H27NO10/c1-28-17(23)11-9-15(19(25)29-2)22-21(27)32-16(20(26)30-3)10-12-18(24)31-13-14-7-5-4-6-8-14/h4-8,15-16H,9-13H2,1-3H3,(H,22,27)/t15-,16-/m0/s1. The van der Waals surface area contributed by atoms with Crippen LogP contribution in [0.15, 0.2) is 30.3 Å². The Morgan fingerprint density at radius 1 is 0.812 bits per heavy atom. The Kier molecular flexibility index (Phi) is 11.9. The molecule has 0 aliphatic carbocycles. The second kappa shape index (κ2) is 14.4. The van der Waals surface area contributed by atoms with Gasteiger partial charge in [-0.05, 0) is 12.0 Å². The summed E-state index contributed by atoms with van der Waals surface area (Å²) in [6.45, 7) is 0.0604. The minimum absolute atomic E-state index is 0.0604. The summed E-state index contributed by atoms with van der Waals surface area (Å²) >= 11 is 0. The molecule has 0 unspecified atom stereocenters. The van der Waals surface area contributed by atoms with E-state index in [2.05, 4.69) is 19.5 Å². The van der Waals surface area contributed by atoms with Gasteiger partial charge < -0.3 is 29.0 Å². The number of alkyl carbamates (subject to hydrolysis) is 1. The Labute approximate surface area is 185 Å². The van der Waals surface area contributed by atoms with Crippen molar-refractivity contribution in [2.75, 3.05) is 21.3 Å². The summed E-state index contributed by atoms with van der Waals surface area (Å²) in [4.78, 5) is 59.2. The van der Waals surface area contributed by atoms with E-state index in [1.807, 2.05) is 6.07 Å². The minimum atomic E-state index is -1.41. The smallest absolute Gasteiger partial charge is 0.408 e. The van der Waals surface area contributed by atoms with Crippen LogP contribution in [-0.2, 0) is 49.5 Å². The lowest BCUT2D eigenvalue weighted by atomic mass is 10.1. The average molecular weight is 453 g/mol. The van der Waals surface area contributed by atoms with E-state index in [0.29, 0.717) is 0 Å². The van der Waals surface area contributed by atoms with Crippen LogP contribution in [0.2, 0.25) is 0 Å². The SMILES string of the molecule is COC(=O)CC[C@H](NC(=O)O[C@@H](CCC(=O)OCc1ccccc1)C(=O)OC)C(=O)OC. The van der Waals surface area contributed by atoms with Crippen LogP contribution in [0.1, 0.15) is 31.2 Å². The molecule has 1 aromatic carbocycles. The summed E-state index contributed by atoms with van der Waals surface area (Å²) in [6.07, 6.45) is -3.23. The summed E-state index contributed by atoms with van der Waals surface area (Å²) < 4.78 is 23.8. The molecule has 0 aliphatic heterocycles. The highest BCUT2D eigenvalue weighted by atomic mass is 16.6. The number of ether oxygens (including phenoxy) is 5. The lowest BCUT2D eigenvalue weighted by molar-refractivity contribution is -0.152. The molecule has 0 heterocycles. The molecule has 11 heteroatoms. The second-order valence-corrected chi connectivity index (χ2v) is 6.44. The Morgan fingerprint density at radius 3 is 2.03 bits per heavy atom. The first-order valence-corrected chi connectivity index (χ1v) is 9.69. The molecule has 0 radical (unpaired) electrons. The molecule has 0 spiro atoms. The quantitative estimate of drug-likeness (QED) is 0.363. The van der Waals surface area contributed by atoms with Crippen LogP contribution in [0, 0.1) is 0 Å². The highest BCUT2D eigenvalue weighted by Crippen LogP contribution is 2.10. The van der Waals surface area contributed by atoms with Gasteiger partial charge in [0.05, 0.1) is 21.3 Å². The number of benzene rings is 1. The van der Waals surface area contributed by atoms with Gasteiger partial charge in [0, 0.05) is 19.3 Å². The Morgan fingerprint density at radius 2 is 1.44 bits per heavy atom. The third-order valence-electron chi connectivity index (χ3n) is 4.21.